The van der Waals surface area contributed by atoms with Crippen LogP contribution >= 0.6 is 0 Å². The van der Waals surface area contributed by atoms with Crippen LogP contribution < -0.4 is 15.8 Å². The predicted molar refractivity (Wildman–Crippen MR) is 101 cm³/mol. The summed E-state index contributed by atoms with van der Waals surface area (Å²) in [6.45, 7) is 1.76. The Hall–Kier alpha value is -3.48. The fourth-order valence-corrected chi connectivity index (χ4v) is 2.69. The van der Waals surface area contributed by atoms with Gasteiger partial charge in [0.2, 0.25) is 5.95 Å². The maximum Gasteiger partial charge on any atom is 0.255 e. The van der Waals surface area contributed by atoms with Gasteiger partial charge in [-0.1, -0.05) is 36.4 Å². The number of nitrogens with one attached hydrogen (secondary N) is 1. The number of carbonyl (C=O) groups is 1. The van der Waals surface area contributed by atoms with Crippen LogP contribution in [0.2, 0.25) is 0 Å². The van der Waals surface area contributed by atoms with E-state index >= 15 is 0 Å². The van der Waals surface area contributed by atoms with Gasteiger partial charge in [0.15, 0.2) is 11.6 Å². The van der Waals surface area contributed by atoms with Gasteiger partial charge in [0.25, 0.3) is 5.91 Å². The first kappa shape index (κ1) is 18.3. The summed E-state index contributed by atoms with van der Waals surface area (Å²) in [5, 5.41) is 2.84. The molecule has 138 valence electrons. The zero-order valence-electron chi connectivity index (χ0n) is 14.9. The second kappa shape index (κ2) is 7.82. The molecule has 1 heterocycles. The molecule has 3 N–H and O–H groups in total. The van der Waals surface area contributed by atoms with E-state index in [9.17, 15) is 9.18 Å². The van der Waals surface area contributed by atoms with Gasteiger partial charge in [0.1, 0.15) is 0 Å². The number of ether oxygens (including phenoxy) is 1. The topological polar surface area (TPSA) is 90.1 Å². The van der Waals surface area contributed by atoms with E-state index in [1.165, 1.54) is 25.4 Å². The number of nitrogens with zero attached hydrogens (tertiary/aromatic N) is 2. The van der Waals surface area contributed by atoms with Crippen molar-refractivity contribution in [2.45, 2.75) is 13.0 Å². The van der Waals surface area contributed by atoms with Crippen molar-refractivity contribution in [1.29, 1.82) is 0 Å². The van der Waals surface area contributed by atoms with Gasteiger partial charge in [0.05, 0.1) is 24.4 Å². The van der Waals surface area contributed by atoms with Gasteiger partial charge < -0.3 is 15.8 Å². The number of aromatic nitrogens is 2. The van der Waals surface area contributed by atoms with Crippen LogP contribution in [0.25, 0.3) is 11.3 Å². The molecular formula is C20H19FN4O2. The van der Waals surface area contributed by atoms with Crippen LogP contribution in [-0.4, -0.2) is 23.0 Å². The standard InChI is InChI=1S/C20H19FN4O2/c1-12(14-8-9-17(27-2)16(21)10-14)24-19(26)15-11-23-20(22)25-18(15)13-6-4-3-5-7-13/h3-12H,1-2H3,(H,24,26)(H2,22,23,25)/t12-/m1/s1. The molecule has 0 aliphatic heterocycles. The van der Waals surface area contributed by atoms with Crippen molar-refractivity contribution in [3.05, 3.63) is 71.7 Å². The third-order valence-electron chi connectivity index (χ3n) is 4.12. The zero-order valence-corrected chi connectivity index (χ0v) is 14.9. The molecule has 0 spiro atoms. The number of benzene rings is 2. The van der Waals surface area contributed by atoms with Crippen LogP contribution in [0, 0.1) is 5.82 Å². The van der Waals surface area contributed by atoms with Crippen LogP contribution in [0.3, 0.4) is 0 Å². The number of halogens is 1. The fourth-order valence-electron chi connectivity index (χ4n) is 2.69. The highest BCUT2D eigenvalue weighted by Crippen LogP contribution is 2.24. The van der Waals surface area contributed by atoms with E-state index in [2.05, 4.69) is 15.3 Å². The highest BCUT2D eigenvalue weighted by Gasteiger charge is 2.19. The summed E-state index contributed by atoms with van der Waals surface area (Å²) in [6, 6.07) is 13.4. The normalized spacial score (nSPS) is 11.7. The van der Waals surface area contributed by atoms with Gasteiger partial charge in [-0.05, 0) is 24.6 Å². The Bertz CT molecular complexity index is 963. The van der Waals surface area contributed by atoms with E-state index in [1.807, 2.05) is 30.3 Å². The smallest absolute Gasteiger partial charge is 0.255 e. The molecule has 0 aliphatic rings. The van der Waals surface area contributed by atoms with Crippen molar-refractivity contribution in [1.82, 2.24) is 15.3 Å². The molecule has 0 unspecified atom stereocenters. The number of anilines is 1. The maximum absolute atomic E-state index is 13.9. The van der Waals surface area contributed by atoms with Gasteiger partial charge >= 0.3 is 0 Å². The summed E-state index contributed by atoms with van der Waals surface area (Å²) < 4.78 is 18.8. The Morgan fingerprint density at radius 2 is 1.96 bits per heavy atom. The lowest BCUT2D eigenvalue weighted by atomic mass is 10.0. The minimum Gasteiger partial charge on any atom is -0.494 e. The molecule has 3 aromatic rings. The van der Waals surface area contributed by atoms with Crippen molar-refractivity contribution in [2.24, 2.45) is 0 Å². The Balaban J connectivity index is 1.87. The minimum absolute atomic E-state index is 0.0793. The lowest BCUT2D eigenvalue weighted by Gasteiger charge is -2.16. The van der Waals surface area contributed by atoms with Crippen molar-refractivity contribution in [3.63, 3.8) is 0 Å². The number of amides is 1. The summed E-state index contributed by atoms with van der Waals surface area (Å²) in [5.74, 6) is -0.638. The molecule has 0 fully saturated rings. The largest absolute Gasteiger partial charge is 0.494 e. The Morgan fingerprint density at radius 1 is 1.22 bits per heavy atom. The van der Waals surface area contributed by atoms with Crippen LogP contribution in [0.15, 0.2) is 54.7 Å². The first-order chi connectivity index (χ1) is 13.0. The number of rotatable bonds is 5. The molecule has 1 aromatic heterocycles. The Kier molecular flexibility index (Phi) is 5.30. The highest BCUT2D eigenvalue weighted by molar-refractivity contribution is 6.00. The third-order valence-corrected chi connectivity index (χ3v) is 4.12. The van der Waals surface area contributed by atoms with Crippen molar-refractivity contribution in [3.8, 4) is 17.0 Å². The number of hydrogen-bond acceptors (Lipinski definition) is 5. The molecular weight excluding hydrogens is 347 g/mol. The molecule has 7 heteroatoms. The Morgan fingerprint density at radius 3 is 2.63 bits per heavy atom. The van der Waals surface area contributed by atoms with Gasteiger partial charge in [-0.2, -0.15) is 0 Å². The fraction of sp³-hybridized carbons (Fsp3) is 0.150. The van der Waals surface area contributed by atoms with Gasteiger partial charge in [-0.3, -0.25) is 4.79 Å². The van der Waals surface area contributed by atoms with Crippen LogP contribution in [-0.2, 0) is 0 Å². The number of nitrogens with two attached hydrogens (primary N) is 1. The highest BCUT2D eigenvalue weighted by atomic mass is 19.1. The molecule has 2 aromatic carbocycles. The summed E-state index contributed by atoms with van der Waals surface area (Å²) >= 11 is 0. The number of nitrogen functional groups attached to an aromatic ring is 1. The van der Waals surface area contributed by atoms with Crippen molar-refractivity contribution in [2.75, 3.05) is 12.8 Å². The molecule has 0 bridgehead atoms. The molecule has 27 heavy (non-hydrogen) atoms. The number of carbonyl (C=O) groups excluding carboxylic acids is 1. The summed E-state index contributed by atoms with van der Waals surface area (Å²) in [4.78, 5) is 20.9. The summed E-state index contributed by atoms with van der Waals surface area (Å²) in [6.07, 6.45) is 1.39. The molecule has 0 saturated carbocycles. The van der Waals surface area contributed by atoms with E-state index in [0.717, 1.165) is 5.56 Å². The van der Waals surface area contributed by atoms with E-state index in [1.54, 1.807) is 13.0 Å². The molecule has 1 atom stereocenters. The van der Waals surface area contributed by atoms with E-state index in [4.69, 9.17) is 10.5 Å². The van der Waals surface area contributed by atoms with Crippen LogP contribution in [0.4, 0.5) is 10.3 Å². The van der Waals surface area contributed by atoms with Crippen molar-refractivity contribution < 1.29 is 13.9 Å². The summed E-state index contributed by atoms with van der Waals surface area (Å²) in [7, 11) is 1.40. The average Bonchev–Trinajstić information content (AvgIpc) is 2.68. The van der Waals surface area contributed by atoms with E-state index in [-0.39, 0.29) is 23.2 Å². The minimum atomic E-state index is -0.489. The molecule has 0 radical (unpaired) electrons. The SMILES string of the molecule is COc1ccc([C@@H](C)NC(=O)c2cnc(N)nc2-c2ccccc2)cc1F. The average molecular weight is 366 g/mol. The van der Waals surface area contributed by atoms with Gasteiger partial charge in [-0.25, -0.2) is 14.4 Å². The monoisotopic (exact) mass is 366 g/mol. The third kappa shape index (κ3) is 4.03. The molecule has 6 nitrogen and oxygen atoms in total. The van der Waals surface area contributed by atoms with Crippen LogP contribution in [0.5, 0.6) is 5.75 Å². The number of hydrogen-bond donors (Lipinski definition) is 2. The molecule has 3 rings (SSSR count). The summed E-state index contributed by atoms with van der Waals surface area (Å²) in [5.41, 5.74) is 7.78. The van der Waals surface area contributed by atoms with Gasteiger partial charge in [0, 0.05) is 11.8 Å². The first-order valence-corrected chi connectivity index (χ1v) is 8.32. The van der Waals surface area contributed by atoms with Crippen LogP contribution in [0.1, 0.15) is 28.9 Å². The molecule has 1 amide bonds. The predicted octanol–water partition coefficient (Wildman–Crippen LogP) is 3.36. The Labute approximate surface area is 156 Å². The van der Waals surface area contributed by atoms with E-state index < -0.39 is 11.9 Å². The molecule has 0 aliphatic carbocycles. The number of methoxy groups -OCH3 is 1. The second-order valence-corrected chi connectivity index (χ2v) is 5.95. The lowest BCUT2D eigenvalue weighted by molar-refractivity contribution is 0.0940. The lowest BCUT2D eigenvalue weighted by Crippen LogP contribution is -2.27. The second-order valence-electron chi connectivity index (χ2n) is 5.95. The molecule has 0 saturated heterocycles. The first-order valence-electron chi connectivity index (χ1n) is 8.32. The van der Waals surface area contributed by atoms with Crippen molar-refractivity contribution >= 4 is 11.9 Å². The quantitative estimate of drug-likeness (QED) is 0.723. The van der Waals surface area contributed by atoms with E-state index in [0.29, 0.717) is 11.3 Å². The van der Waals surface area contributed by atoms with Gasteiger partial charge in [-0.15, -0.1) is 0 Å². The zero-order chi connectivity index (χ0) is 19.4. The maximum atomic E-state index is 13.9.